The topological polar surface area (TPSA) is 59.5 Å². The molecule has 1 unspecified atom stereocenters. The number of anilines is 2. The smallest absolute Gasteiger partial charge is 0.225 e. The van der Waals surface area contributed by atoms with Gasteiger partial charge in [-0.3, -0.25) is 0 Å². The first kappa shape index (κ1) is 18.3. The van der Waals surface area contributed by atoms with Gasteiger partial charge in [-0.05, 0) is 49.9 Å². The fraction of sp³-hybridized carbons (Fsp3) is 0.500. The standard InChI is InChI=1S/C20H28N4O2/c1-6-13(2)21-20-22-14(3)9-19(23-20)24-8-7-15-10-17(25-4)18(26-5)11-16(15)12-24/h9-11,13H,6-8,12H2,1-5H3,(H,21,22,23). The van der Waals surface area contributed by atoms with Crippen LogP contribution >= 0.6 is 0 Å². The van der Waals surface area contributed by atoms with Gasteiger partial charge in [0.05, 0.1) is 14.2 Å². The van der Waals surface area contributed by atoms with E-state index in [-0.39, 0.29) is 0 Å². The molecule has 140 valence electrons. The number of fused-ring (bicyclic) bond motifs is 1. The van der Waals surface area contributed by atoms with Crippen LogP contribution in [0.1, 0.15) is 37.1 Å². The van der Waals surface area contributed by atoms with Crippen LogP contribution in [0.3, 0.4) is 0 Å². The number of ether oxygens (including phenoxy) is 2. The van der Waals surface area contributed by atoms with E-state index >= 15 is 0 Å². The first-order valence-corrected chi connectivity index (χ1v) is 9.15. The third-order valence-corrected chi connectivity index (χ3v) is 4.87. The zero-order valence-corrected chi connectivity index (χ0v) is 16.3. The van der Waals surface area contributed by atoms with Crippen LogP contribution in [0.5, 0.6) is 11.5 Å². The van der Waals surface area contributed by atoms with Crippen LogP contribution < -0.4 is 19.7 Å². The van der Waals surface area contributed by atoms with Crippen LogP contribution in [0, 0.1) is 6.92 Å². The van der Waals surface area contributed by atoms with Gasteiger partial charge in [0.15, 0.2) is 11.5 Å². The van der Waals surface area contributed by atoms with Gasteiger partial charge in [-0.15, -0.1) is 0 Å². The average molecular weight is 356 g/mol. The minimum atomic E-state index is 0.350. The summed E-state index contributed by atoms with van der Waals surface area (Å²) < 4.78 is 10.9. The molecule has 0 fully saturated rings. The summed E-state index contributed by atoms with van der Waals surface area (Å²) in [5.74, 6) is 3.22. The van der Waals surface area contributed by atoms with E-state index in [1.54, 1.807) is 14.2 Å². The minimum Gasteiger partial charge on any atom is -0.493 e. The molecule has 0 saturated carbocycles. The van der Waals surface area contributed by atoms with Gasteiger partial charge in [0, 0.05) is 30.9 Å². The maximum absolute atomic E-state index is 5.46. The Morgan fingerprint density at radius 1 is 1.12 bits per heavy atom. The van der Waals surface area contributed by atoms with Crippen molar-refractivity contribution in [3.63, 3.8) is 0 Å². The first-order valence-electron chi connectivity index (χ1n) is 9.15. The van der Waals surface area contributed by atoms with E-state index in [1.807, 2.05) is 13.0 Å². The molecule has 3 rings (SSSR count). The molecule has 26 heavy (non-hydrogen) atoms. The van der Waals surface area contributed by atoms with Crippen molar-refractivity contribution in [2.75, 3.05) is 31.0 Å². The van der Waals surface area contributed by atoms with E-state index in [0.717, 1.165) is 48.9 Å². The first-order chi connectivity index (χ1) is 12.5. The van der Waals surface area contributed by atoms with Crippen molar-refractivity contribution >= 4 is 11.8 Å². The number of aryl methyl sites for hydroxylation is 1. The van der Waals surface area contributed by atoms with Gasteiger partial charge in [0.25, 0.3) is 0 Å². The minimum absolute atomic E-state index is 0.350. The predicted octanol–water partition coefficient (Wildman–Crippen LogP) is 3.58. The lowest BCUT2D eigenvalue weighted by Gasteiger charge is -2.31. The summed E-state index contributed by atoms with van der Waals surface area (Å²) >= 11 is 0. The lowest BCUT2D eigenvalue weighted by atomic mass is 9.99. The number of methoxy groups -OCH3 is 2. The van der Waals surface area contributed by atoms with Crippen molar-refractivity contribution in [3.05, 3.63) is 35.0 Å². The lowest BCUT2D eigenvalue weighted by Crippen LogP contribution is -2.31. The molecule has 2 aromatic rings. The molecule has 6 heteroatoms. The highest BCUT2D eigenvalue weighted by atomic mass is 16.5. The van der Waals surface area contributed by atoms with Crippen LogP contribution in [0.25, 0.3) is 0 Å². The zero-order valence-electron chi connectivity index (χ0n) is 16.3. The van der Waals surface area contributed by atoms with Gasteiger partial charge in [-0.25, -0.2) is 4.98 Å². The third kappa shape index (κ3) is 3.84. The van der Waals surface area contributed by atoms with Crippen LogP contribution in [0.4, 0.5) is 11.8 Å². The maximum atomic E-state index is 5.46. The second kappa shape index (κ2) is 7.81. The number of aromatic nitrogens is 2. The van der Waals surface area contributed by atoms with Gasteiger partial charge in [-0.1, -0.05) is 6.92 Å². The highest BCUT2D eigenvalue weighted by molar-refractivity contribution is 5.53. The largest absolute Gasteiger partial charge is 0.493 e. The lowest BCUT2D eigenvalue weighted by molar-refractivity contribution is 0.353. The van der Waals surface area contributed by atoms with Crippen molar-refractivity contribution in [2.24, 2.45) is 0 Å². The van der Waals surface area contributed by atoms with Crippen LogP contribution in [0.2, 0.25) is 0 Å². The molecule has 0 radical (unpaired) electrons. The van der Waals surface area contributed by atoms with Gasteiger partial charge >= 0.3 is 0 Å². The number of hydrogen-bond acceptors (Lipinski definition) is 6. The van der Waals surface area contributed by atoms with E-state index in [9.17, 15) is 0 Å². The zero-order chi connectivity index (χ0) is 18.7. The number of hydrogen-bond donors (Lipinski definition) is 1. The summed E-state index contributed by atoms with van der Waals surface area (Å²) in [4.78, 5) is 11.6. The van der Waals surface area contributed by atoms with Crippen molar-refractivity contribution in [3.8, 4) is 11.5 Å². The molecule has 1 aliphatic heterocycles. The average Bonchev–Trinajstić information content (AvgIpc) is 2.65. The Bertz CT molecular complexity index is 779. The summed E-state index contributed by atoms with van der Waals surface area (Å²) in [5.41, 5.74) is 3.53. The van der Waals surface area contributed by atoms with E-state index < -0.39 is 0 Å². The molecular formula is C20H28N4O2. The normalized spacial score (nSPS) is 14.6. The summed E-state index contributed by atoms with van der Waals surface area (Å²) in [6.45, 7) is 8.02. The number of nitrogens with one attached hydrogen (secondary N) is 1. The molecule has 1 atom stereocenters. The summed E-state index contributed by atoms with van der Waals surface area (Å²) in [6, 6.07) is 6.57. The number of rotatable bonds is 6. The summed E-state index contributed by atoms with van der Waals surface area (Å²) in [6.07, 6.45) is 1.98. The molecule has 1 N–H and O–H groups in total. The van der Waals surface area contributed by atoms with E-state index in [4.69, 9.17) is 14.5 Å². The van der Waals surface area contributed by atoms with Crippen LogP contribution in [0.15, 0.2) is 18.2 Å². The molecule has 0 saturated heterocycles. The van der Waals surface area contributed by atoms with Gasteiger partial charge < -0.3 is 19.7 Å². The summed E-state index contributed by atoms with van der Waals surface area (Å²) in [7, 11) is 3.35. The highest BCUT2D eigenvalue weighted by Crippen LogP contribution is 2.34. The van der Waals surface area contributed by atoms with Crippen molar-refractivity contribution in [2.45, 2.75) is 46.2 Å². The van der Waals surface area contributed by atoms with Crippen molar-refractivity contribution < 1.29 is 9.47 Å². The summed E-state index contributed by atoms with van der Waals surface area (Å²) in [5, 5.41) is 3.38. The Balaban J connectivity index is 1.86. The monoisotopic (exact) mass is 356 g/mol. The van der Waals surface area contributed by atoms with Crippen molar-refractivity contribution in [1.29, 1.82) is 0 Å². The van der Waals surface area contributed by atoms with Crippen LogP contribution in [-0.2, 0) is 13.0 Å². The Morgan fingerprint density at radius 3 is 2.46 bits per heavy atom. The number of benzene rings is 1. The second-order valence-electron chi connectivity index (χ2n) is 6.79. The maximum Gasteiger partial charge on any atom is 0.225 e. The molecular weight excluding hydrogens is 328 g/mol. The molecule has 0 spiro atoms. The Hall–Kier alpha value is -2.50. The molecule has 0 bridgehead atoms. The Labute approximate surface area is 155 Å². The second-order valence-corrected chi connectivity index (χ2v) is 6.79. The number of nitrogens with zero attached hydrogens (tertiary/aromatic N) is 3. The SMILES string of the molecule is CCC(C)Nc1nc(C)cc(N2CCc3cc(OC)c(OC)cc3C2)n1. The van der Waals surface area contributed by atoms with Crippen LogP contribution in [-0.4, -0.2) is 36.8 Å². The molecule has 6 nitrogen and oxygen atoms in total. The van der Waals surface area contributed by atoms with E-state index in [0.29, 0.717) is 12.0 Å². The molecule has 1 aromatic heterocycles. The van der Waals surface area contributed by atoms with Gasteiger partial charge in [0.1, 0.15) is 5.82 Å². The Kier molecular flexibility index (Phi) is 5.49. The molecule has 0 aliphatic carbocycles. The van der Waals surface area contributed by atoms with E-state index in [1.165, 1.54) is 11.1 Å². The van der Waals surface area contributed by atoms with Crippen molar-refractivity contribution in [1.82, 2.24) is 9.97 Å². The molecule has 1 aliphatic rings. The quantitative estimate of drug-likeness (QED) is 0.854. The van der Waals surface area contributed by atoms with Gasteiger partial charge in [0.2, 0.25) is 5.95 Å². The molecule has 2 heterocycles. The highest BCUT2D eigenvalue weighted by Gasteiger charge is 2.21. The predicted molar refractivity (Wildman–Crippen MR) is 104 cm³/mol. The fourth-order valence-corrected chi connectivity index (χ4v) is 3.18. The van der Waals surface area contributed by atoms with Gasteiger partial charge in [-0.2, -0.15) is 4.98 Å². The Morgan fingerprint density at radius 2 is 1.81 bits per heavy atom. The molecule has 1 aromatic carbocycles. The van der Waals surface area contributed by atoms with E-state index in [2.05, 4.69) is 41.2 Å². The third-order valence-electron chi connectivity index (χ3n) is 4.87. The molecule has 0 amide bonds. The fourth-order valence-electron chi connectivity index (χ4n) is 3.18.